The van der Waals surface area contributed by atoms with Gasteiger partial charge < -0.3 is 14.6 Å². The smallest absolute Gasteiger partial charge is 0.172 e. The van der Waals surface area contributed by atoms with Gasteiger partial charge in [0, 0.05) is 12.3 Å². The summed E-state index contributed by atoms with van der Waals surface area (Å²) in [5.41, 5.74) is 0.256. The van der Waals surface area contributed by atoms with Crippen molar-refractivity contribution >= 4 is 5.78 Å². The molecule has 4 nitrogen and oxygen atoms in total. The number of carbonyl (C=O) groups is 1. The minimum absolute atomic E-state index is 0.00500. The van der Waals surface area contributed by atoms with Crippen molar-refractivity contribution < 1.29 is 19.4 Å². The second kappa shape index (κ2) is 4.90. The predicted octanol–water partition coefficient (Wildman–Crippen LogP) is 2.31. The zero-order valence-electron chi connectivity index (χ0n) is 13.4. The van der Waals surface area contributed by atoms with Crippen molar-refractivity contribution in [3.05, 3.63) is 11.6 Å². The van der Waals surface area contributed by atoms with E-state index in [1.54, 1.807) is 13.8 Å². The number of aliphatic hydroxyl groups is 1. The third kappa shape index (κ3) is 1.89. The average molecular weight is 294 g/mol. The molecule has 3 aliphatic rings. The molecular formula is C17H26O4. The van der Waals surface area contributed by atoms with Crippen LogP contribution in [0.3, 0.4) is 0 Å². The average Bonchev–Trinajstić information content (AvgIpc) is 3.01. The quantitative estimate of drug-likeness (QED) is 0.794. The Morgan fingerprint density at radius 1 is 1.33 bits per heavy atom. The van der Waals surface area contributed by atoms with E-state index in [4.69, 9.17) is 9.47 Å². The van der Waals surface area contributed by atoms with Crippen molar-refractivity contribution in [1.29, 1.82) is 0 Å². The molecule has 0 radical (unpaired) electrons. The molecule has 0 bridgehead atoms. The van der Waals surface area contributed by atoms with Crippen LogP contribution in [0.5, 0.6) is 0 Å². The lowest BCUT2D eigenvalue weighted by atomic mass is 9.57. The Morgan fingerprint density at radius 2 is 1.95 bits per heavy atom. The van der Waals surface area contributed by atoms with E-state index in [1.807, 2.05) is 0 Å². The molecule has 118 valence electrons. The minimum Gasteiger partial charge on any atom is -0.389 e. The maximum atomic E-state index is 12.6. The molecule has 1 saturated carbocycles. The Morgan fingerprint density at radius 3 is 2.48 bits per heavy atom. The van der Waals surface area contributed by atoms with Gasteiger partial charge in [-0.25, -0.2) is 0 Å². The van der Waals surface area contributed by atoms with Crippen LogP contribution in [0.25, 0.3) is 0 Å². The van der Waals surface area contributed by atoms with E-state index >= 15 is 0 Å². The van der Waals surface area contributed by atoms with Gasteiger partial charge in [0.1, 0.15) is 5.78 Å². The molecule has 21 heavy (non-hydrogen) atoms. The topological polar surface area (TPSA) is 55.8 Å². The molecule has 1 spiro atoms. The van der Waals surface area contributed by atoms with Crippen LogP contribution in [0, 0.1) is 23.2 Å². The fraction of sp³-hybridized carbons (Fsp3) is 0.824. The van der Waals surface area contributed by atoms with Crippen molar-refractivity contribution in [1.82, 2.24) is 0 Å². The van der Waals surface area contributed by atoms with Gasteiger partial charge in [-0.1, -0.05) is 19.9 Å². The summed E-state index contributed by atoms with van der Waals surface area (Å²) in [5, 5.41) is 10.3. The van der Waals surface area contributed by atoms with Gasteiger partial charge in [0.25, 0.3) is 0 Å². The molecule has 0 amide bonds. The molecule has 1 aliphatic heterocycles. The molecule has 0 aromatic carbocycles. The number of hydrogen-bond acceptors (Lipinski definition) is 4. The van der Waals surface area contributed by atoms with Crippen LogP contribution in [0.2, 0.25) is 0 Å². The number of ether oxygens (including phenoxy) is 2. The third-order valence-electron chi connectivity index (χ3n) is 6.04. The van der Waals surface area contributed by atoms with Crippen LogP contribution < -0.4 is 0 Å². The SMILES string of the molecule is CC(=O)[C@]12CCC3(OCCO3)C1C(C)[C@H](C)C=C2C(C)O. The molecule has 0 aromatic heterocycles. The lowest BCUT2D eigenvalue weighted by molar-refractivity contribution is -0.208. The first kappa shape index (κ1) is 15.2. The monoisotopic (exact) mass is 294 g/mol. The molecule has 1 N–H and O–H groups in total. The highest BCUT2D eigenvalue weighted by Gasteiger charge is 2.67. The number of fused-ring (bicyclic) bond motifs is 2. The molecule has 4 heteroatoms. The number of carbonyl (C=O) groups excluding carboxylic acids is 1. The number of hydrogen-bond donors (Lipinski definition) is 1. The largest absolute Gasteiger partial charge is 0.389 e. The van der Waals surface area contributed by atoms with Crippen molar-refractivity contribution in [2.45, 2.75) is 52.4 Å². The van der Waals surface area contributed by atoms with Crippen LogP contribution in [0.1, 0.15) is 40.5 Å². The van der Waals surface area contributed by atoms with Crippen molar-refractivity contribution in [2.75, 3.05) is 13.2 Å². The molecule has 0 aromatic rings. The predicted molar refractivity (Wildman–Crippen MR) is 78.6 cm³/mol. The molecule has 3 rings (SSSR count). The second-order valence-electron chi connectivity index (χ2n) is 7.03. The third-order valence-corrected chi connectivity index (χ3v) is 6.04. The van der Waals surface area contributed by atoms with Gasteiger partial charge in [-0.2, -0.15) is 0 Å². The van der Waals surface area contributed by atoms with Gasteiger partial charge in [-0.15, -0.1) is 0 Å². The Kier molecular flexibility index (Phi) is 3.55. The van der Waals surface area contributed by atoms with Crippen LogP contribution in [-0.4, -0.2) is 36.0 Å². The molecule has 2 fully saturated rings. The summed E-state index contributed by atoms with van der Waals surface area (Å²) >= 11 is 0. The van der Waals surface area contributed by atoms with Gasteiger partial charge in [-0.05, 0) is 37.7 Å². The highest BCUT2D eigenvalue weighted by Crippen LogP contribution is 2.63. The van der Waals surface area contributed by atoms with E-state index in [0.717, 1.165) is 12.0 Å². The minimum atomic E-state index is -0.631. The first-order chi connectivity index (χ1) is 9.85. The summed E-state index contributed by atoms with van der Waals surface area (Å²) in [4.78, 5) is 12.6. The van der Waals surface area contributed by atoms with E-state index in [-0.39, 0.29) is 17.6 Å². The van der Waals surface area contributed by atoms with Gasteiger partial charge >= 0.3 is 0 Å². The molecule has 5 atom stereocenters. The Bertz CT molecular complexity index is 475. The highest BCUT2D eigenvalue weighted by atomic mass is 16.7. The maximum Gasteiger partial charge on any atom is 0.172 e. The molecule has 1 heterocycles. The van der Waals surface area contributed by atoms with Gasteiger partial charge in [0.2, 0.25) is 0 Å². The molecular weight excluding hydrogens is 268 g/mol. The van der Waals surface area contributed by atoms with Crippen LogP contribution in [0.15, 0.2) is 11.6 Å². The standard InChI is InChI=1S/C17H26O4/c1-10-9-14(12(3)18)16(13(4)19)5-6-17(15(16)11(10)2)20-7-8-21-17/h9-12,15,18H,5-8H2,1-4H3/t10-,11?,12?,15?,16+/m1/s1. The Balaban J connectivity index is 2.16. The second-order valence-corrected chi connectivity index (χ2v) is 7.03. The summed E-state index contributed by atoms with van der Waals surface area (Å²) in [6.07, 6.45) is 2.95. The molecule has 1 saturated heterocycles. The zero-order chi connectivity index (χ0) is 15.4. The number of Topliss-reactive ketones (excluding diaryl/α,β-unsaturated/α-hetero) is 1. The van der Waals surface area contributed by atoms with Gasteiger partial charge in [0.05, 0.1) is 24.7 Å². The van der Waals surface area contributed by atoms with Crippen molar-refractivity contribution in [3.8, 4) is 0 Å². The summed E-state index contributed by atoms with van der Waals surface area (Å²) in [7, 11) is 0. The summed E-state index contributed by atoms with van der Waals surface area (Å²) in [6.45, 7) is 8.94. The number of ketones is 1. The van der Waals surface area contributed by atoms with E-state index < -0.39 is 17.3 Å². The fourth-order valence-electron chi connectivity index (χ4n) is 5.02. The Hall–Kier alpha value is -0.710. The maximum absolute atomic E-state index is 12.6. The summed E-state index contributed by atoms with van der Waals surface area (Å²) in [6, 6.07) is 0. The van der Waals surface area contributed by atoms with Crippen LogP contribution in [0.4, 0.5) is 0 Å². The number of allylic oxidation sites excluding steroid dienone is 1. The normalized spacial score (nSPS) is 42.7. The number of aliphatic hydroxyl groups excluding tert-OH is 1. The highest BCUT2D eigenvalue weighted by molar-refractivity contribution is 5.87. The van der Waals surface area contributed by atoms with Gasteiger partial charge in [-0.3, -0.25) is 4.79 Å². The fourth-order valence-corrected chi connectivity index (χ4v) is 5.02. The van der Waals surface area contributed by atoms with Crippen LogP contribution in [-0.2, 0) is 14.3 Å². The van der Waals surface area contributed by atoms with Crippen LogP contribution >= 0.6 is 0 Å². The van der Waals surface area contributed by atoms with Gasteiger partial charge in [0.15, 0.2) is 5.79 Å². The van der Waals surface area contributed by atoms with Crippen molar-refractivity contribution in [3.63, 3.8) is 0 Å². The summed E-state index contributed by atoms with van der Waals surface area (Å²) < 4.78 is 12.0. The Labute approximate surface area is 126 Å². The van der Waals surface area contributed by atoms with E-state index in [0.29, 0.717) is 25.6 Å². The number of rotatable bonds is 2. The lowest BCUT2D eigenvalue weighted by Crippen LogP contribution is -2.53. The lowest BCUT2D eigenvalue weighted by Gasteiger charge is -2.49. The zero-order valence-corrected chi connectivity index (χ0v) is 13.4. The van der Waals surface area contributed by atoms with Crippen molar-refractivity contribution in [2.24, 2.45) is 23.2 Å². The first-order valence-electron chi connectivity index (χ1n) is 8.04. The molecule has 2 aliphatic carbocycles. The summed E-state index contributed by atoms with van der Waals surface area (Å²) in [5.74, 6) is 0.0872. The van der Waals surface area contributed by atoms with E-state index in [9.17, 15) is 9.90 Å². The molecule has 3 unspecified atom stereocenters. The van der Waals surface area contributed by atoms with E-state index in [2.05, 4.69) is 19.9 Å². The first-order valence-corrected chi connectivity index (χ1v) is 8.04. The van der Waals surface area contributed by atoms with E-state index in [1.165, 1.54) is 0 Å².